The van der Waals surface area contributed by atoms with Crippen LogP contribution >= 0.6 is 0 Å². The summed E-state index contributed by atoms with van der Waals surface area (Å²) in [7, 11) is -4.33. The molecule has 8 heteroatoms. The maximum Gasteiger partial charge on any atom is 0.357 e. The topological polar surface area (TPSA) is 116 Å². The smallest absolute Gasteiger partial charge is 0.357 e. The first-order valence-electron chi connectivity index (χ1n) is 5.80. The van der Waals surface area contributed by atoms with Crippen molar-refractivity contribution in [2.45, 2.75) is 0 Å². The summed E-state index contributed by atoms with van der Waals surface area (Å²) in [5.41, 5.74) is 0.680. The number of benzene rings is 2. The Hall–Kier alpha value is -2.58. The van der Waals surface area contributed by atoms with E-state index in [4.69, 9.17) is 4.55 Å². The van der Waals surface area contributed by atoms with Crippen molar-refractivity contribution in [3.05, 3.63) is 54.1 Å². The van der Waals surface area contributed by atoms with Crippen LogP contribution in [0.4, 0.5) is 11.4 Å². The van der Waals surface area contributed by atoms with Gasteiger partial charge >= 0.3 is 10.3 Å². The molecule has 0 spiro atoms. The van der Waals surface area contributed by atoms with Crippen LogP contribution in [0.25, 0.3) is 0 Å². The summed E-state index contributed by atoms with van der Waals surface area (Å²) in [6.07, 6.45) is 0. The summed E-state index contributed by atoms with van der Waals surface area (Å²) in [5.74, 6) is -0.636. The van der Waals surface area contributed by atoms with E-state index in [0.29, 0.717) is 5.69 Å². The number of hydrogen-bond donors (Lipinski definition) is 4. The zero-order valence-electron chi connectivity index (χ0n) is 10.6. The summed E-state index contributed by atoms with van der Waals surface area (Å²) in [6, 6.07) is 11.7. The van der Waals surface area contributed by atoms with Gasteiger partial charge in [0.15, 0.2) is 0 Å². The average Bonchev–Trinajstić information content (AvgIpc) is 2.40. The molecular formula is C13H12N2O5S. The number of nitrogens with one attached hydrogen (secondary N) is 2. The van der Waals surface area contributed by atoms with Crippen LogP contribution in [0.5, 0.6) is 5.75 Å². The van der Waals surface area contributed by atoms with Gasteiger partial charge in [-0.1, -0.05) is 12.1 Å². The van der Waals surface area contributed by atoms with E-state index in [0.717, 1.165) is 0 Å². The number of phenolic OH excluding ortho intramolecular Hbond substituents is 1. The maximum absolute atomic E-state index is 11.9. The van der Waals surface area contributed by atoms with Crippen LogP contribution in [0, 0.1) is 0 Å². The van der Waals surface area contributed by atoms with Crippen LogP contribution in [0.3, 0.4) is 0 Å². The minimum Gasteiger partial charge on any atom is -0.507 e. The Morgan fingerprint density at radius 2 is 1.52 bits per heavy atom. The number of anilines is 2. The Balaban J connectivity index is 2.10. The molecule has 2 aromatic rings. The Morgan fingerprint density at radius 3 is 2.10 bits per heavy atom. The number of hydrogen-bond acceptors (Lipinski definition) is 4. The predicted molar refractivity (Wildman–Crippen MR) is 77.7 cm³/mol. The zero-order valence-corrected chi connectivity index (χ0v) is 11.5. The number of carbonyl (C=O) groups is 1. The SMILES string of the molecule is O=C(Nc1ccc(NS(=O)(=O)O)cc1)c1ccccc1O. The quantitative estimate of drug-likeness (QED) is 0.643. The molecule has 21 heavy (non-hydrogen) atoms. The highest BCUT2D eigenvalue weighted by molar-refractivity contribution is 7.87. The fourth-order valence-electron chi connectivity index (χ4n) is 1.63. The highest BCUT2D eigenvalue weighted by Crippen LogP contribution is 2.19. The second kappa shape index (κ2) is 5.81. The molecule has 0 unspecified atom stereocenters. The molecule has 2 aromatic carbocycles. The van der Waals surface area contributed by atoms with Gasteiger partial charge in [-0.25, -0.2) is 0 Å². The fraction of sp³-hybridized carbons (Fsp3) is 0. The van der Waals surface area contributed by atoms with E-state index in [1.54, 1.807) is 12.1 Å². The fourth-order valence-corrected chi connectivity index (χ4v) is 2.07. The van der Waals surface area contributed by atoms with E-state index in [-0.39, 0.29) is 17.0 Å². The van der Waals surface area contributed by atoms with E-state index >= 15 is 0 Å². The van der Waals surface area contributed by atoms with Crippen molar-refractivity contribution in [3.63, 3.8) is 0 Å². The molecule has 2 rings (SSSR count). The van der Waals surface area contributed by atoms with Crippen molar-refractivity contribution in [1.29, 1.82) is 0 Å². The second-order valence-electron chi connectivity index (χ2n) is 4.13. The van der Waals surface area contributed by atoms with E-state index in [9.17, 15) is 18.3 Å². The molecule has 0 aliphatic rings. The maximum atomic E-state index is 11.9. The zero-order chi connectivity index (χ0) is 15.5. The molecule has 0 fully saturated rings. The lowest BCUT2D eigenvalue weighted by atomic mass is 10.2. The molecule has 0 heterocycles. The summed E-state index contributed by atoms with van der Waals surface area (Å²) < 4.78 is 31.8. The van der Waals surface area contributed by atoms with Crippen LogP contribution < -0.4 is 10.0 Å². The lowest BCUT2D eigenvalue weighted by Crippen LogP contribution is -2.12. The van der Waals surface area contributed by atoms with Gasteiger partial charge in [0.1, 0.15) is 5.75 Å². The van der Waals surface area contributed by atoms with E-state index < -0.39 is 16.2 Å². The lowest BCUT2D eigenvalue weighted by Gasteiger charge is -2.08. The van der Waals surface area contributed by atoms with Gasteiger partial charge in [-0.15, -0.1) is 0 Å². The Labute approximate surface area is 121 Å². The highest BCUT2D eigenvalue weighted by atomic mass is 32.2. The van der Waals surface area contributed by atoms with Gasteiger partial charge in [0.05, 0.1) is 11.3 Å². The summed E-state index contributed by atoms with van der Waals surface area (Å²) in [4.78, 5) is 11.9. The van der Waals surface area contributed by atoms with Crippen molar-refractivity contribution in [3.8, 4) is 5.75 Å². The Morgan fingerprint density at radius 1 is 0.952 bits per heavy atom. The normalized spacial score (nSPS) is 10.9. The van der Waals surface area contributed by atoms with E-state index in [2.05, 4.69) is 5.32 Å². The van der Waals surface area contributed by atoms with Crippen molar-refractivity contribution in [2.75, 3.05) is 10.0 Å². The van der Waals surface area contributed by atoms with E-state index in [1.807, 2.05) is 4.72 Å². The molecule has 0 atom stereocenters. The predicted octanol–water partition coefficient (Wildman–Crippen LogP) is 1.86. The standard InChI is InChI=1S/C13H12N2O5S/c16-12-4-2-1-3-11(12)13(17)14-9-5-7-10(8-6-9)15-21(18,19)20/h1-8,15-16H,(H,14,17)(H,18,19,20). The molecule has 7 nitrogen and oxygen atoms in total. The first-order valence-corrected chi connectivity index (χ1v) is 7.24. The second-order valence-corrected chi connectivity index (χ2v) is 5.28. The van der Waals surface area contributed by atoms with Crippen molar-refractivity contribution >= 4 is 27.6 Å². The molecule has 0 saturated heterocycles. The van der Waals surface area contributed by atoms with Gasteiger partial charge in [0.25, 0.3) is 5.91 Å². The first-order chi connectivity index (χ1) is 9.85. The highest BCUT2D eigenvalue weighted by Gasteiger charge is 2.10. The minimum atomic E-state index is -4.33. The third kappa shape index (κ3) is 4.20. The Kier molecular flexibility index (Phi) is 4.10. The molecule has 110 valence electrons. The number of carbonyl (C=O) groups excluding carboxylic acids is 1. The molecule has 0 saturated carbocycles. The van der Waals surface area contributed by atoms with Gasteiger partial charge in [-0.05, 0) is 36.4 Å². The van der Waals surface area contributed by atoms with Gasteiger partial charge in [-0.3, -0.25) is 14.1 Å². The van der Waals surface area contributed by atoms with Gasteiger partial charge < -0.3 is 10.4 Å². The molecule has 0 bridgehead atoms. The number of para-hydroxylation sites is 1. The molecular weight excluding hydrogens is 296 g/mol. The molecule has 0 aliphatic heterocycles. The van der Waals surface area contributed by atoms with Crippen LogP contribution in [0.15, 0.2) is 48.5 Å². The van der Waals surface area contributed by atoms with Gasteiger partial charge in [0.2, 0.25) is 0 Å². The van der Waals surface area contributed by atoms with Gasteiger partial charge in [0, 0.05) is 5.69 Å². The summed E-state index contributed by atoms with van der Waals surface area (Å²) >= 11 is 0. The Bertz CT molecular complexity index is 756. The monoisotopic (exact) mass is 308 g/mol. The summed E-state index contributed by atoms with van der Waals surface area (Å²) in [5, 5.41) is 12.1. The molecule has 0 radical (unpaired) electrons. The molecule has 1 amide bonds. The van der Waals surface area contributed by atoms with E-state index in [1.165, 1.54) is 36.4 Å². The number of aromatic hydroxyl groups is 1. The number of rotatable bonds is 4. The summed E-state index contributed by atoms with van der Waals surface area (Å²) in [6.45, 7) is 0. The lowest BCUT2D eigenvalue weighted by molar-refractivity contribution is 0.102. The van der Waals surface area contributed by atoms with Crippen molar-refractivity contribution in [1.82, 2.24) is 0 Å². The molecule has 4 N–H and O–H groups in total. The van der Waals surface area contributed by atoms with Crippen LogP contribution in [0.2, 0.25) is 0 Å². The van der Waals surface area contributed by atoms with Crippen LogP contribution in [-0.2, 0) is 10.3 Å². The minimum absolute atomic E-state index is 0.123. The van der Waals surface area contributed by atoms with Crippen molar-refractivity contribution < 1.29 is 22.9 Å². The molecule has 0 aromatic heterocycles. The largest absolute Gasteiger partial charge is 0.507 e. The van der Waals surface area contributed by atoms with Crippen molar-refractivity contribution in [2.24, 2.45) is 0 Å². The number of phenols is 1. The third-order valence-electron chi connectivity index (χ3n) is 2.54. The number of amides is 1. The molecule has 0 aliphatic carbocycles. The van der Waals surface area contributed by atoms with Crippen LogP contribution in [0.1, 0.15) is 10.4 Å². The third-order valence-corrected chi connectivity index (χ3v) is 3.03. The van der Waals surface area contributed by atoms with Crippen LogP contribution in [-0.4, -0.2) is 24.0 Å². The first kappa shape index (κ1) is 14.8. The average molecular weight is 308 g/mol. The van der Waals surface area contributed by atoms with Gasteiger partial charge in [-0.2, -0.15) is 8.42 Å².